The summed E-state index contributed by atoms with van der Waals surface area (Å²) < 4.78 is 0. The minimum atomic E-state index is 0.302. The lowest BCUT2D eigenvalue weighted by molar-refractivity contribution is 0.400. The lowest BCUT2D eigenvalue weighted by Crippen LogP contribution is -2.49. The normalized spacial score (nSPS) is 25.1. The highest BCUT2D eigenvalue weighted by Crippen LogP contribution is 2.33. The second kappa shape index (κ2) is 5.38. The number of halogens is 2. The molecule has 0 radical (unpaired) electrons. The Morgan fingerprint density at radius 2 is 2.18 bits per heavy atom. The number of aromatic nitrogens is 2. The molecule has 2 atom stereocenters. The van der Waals surface area contributed by atoms with Crippen LogP contribution in [0.15, 0.2) is 6.07 Å². The third-order valence-corrected chi connectivity index (χ3v) is 3.73. The summed E-state index contributed by atoms with van der Waals surface area (Å²) in [6.07, 6.45) is 3.41. The molecule has 4 nitrogen and oxygen atoms in total. The monoisotopic (exact) mass is 274 g/mol. The molecule has 1 aliphatic rings. The van der Waals surface area contributed by atoms with Crippen molar-refractivity contribution < 1.29 is 0 Å². The van der Waals surface area contributed by atoms with E-state index in [1.54, 1.807) is 6.07 Å². The first kappa shape index (κ1) is 12.9. The van der Waals surface area contributed by atoms with Gasteiger partial charge in [-0.3, -0.25) is 0 Å². The third-order valence-electron chi connectivity index (χ3n) is 3.28. The molecule has 0 spiro atoms. The largest absolute Gasteiger partial charge is 0.362 e. The minimum Gasteiger partial charge on any atom is -0.362 e. The zero-order chi connectivity index (χ0) is 12.4. The molecule has 94 valence electrons. The predicted molar refractivity (Wildman–Crippen MR) is 70.7 cm³/mol. The van der Waals surface area contributed by atoms with E-state index in [0.717, 1.165) is 18.5 Å². The van der Waals surface area contributed by atoms with Gasteiger partial charge < -0.3 is 10.6 Å². The fourth-order valence-electron chi connectivity index (χ4n) is 2.48. The molecular formula is C11H16Cl2N4. The summed E-state index contributed by atoms with van der Waals surface area (Å²) in [6, 6.07) is 2.47. The van der Waals surface area contributed by atoms with Crippen molar-refractivity contribution in [3.8, 4) is 0 Å². The Balaban J connectivity index is 2.37. The van der Waals surface area contributed by atoms with Crippen LogP contribution in [0.1, 0.15) is 26.2 Å². The number of rotatable bonds is 2. The van der Waals surface area contributed by atoms with Gasteiger partial charge >= 0.3 is 0 Å². The fraction of sp³-hybridized carbons (Fsp3) is 0.636. The van der Waals surface area contributed by atoms with Gasteiger partial charge in [-0.2, -0.15) is 0 Å². The topological polar surface area (TPSA) is 55.0 Å². The Morgan fingerprint density at radius 1 is 1.41 bits per heavy atom. The van der Waals surface area contributed by atoms with Crippen LogP contribution in [0, 0.1) is 0 Å². The number of hydrogen-bond donors (Lipinski definition) is 1. The average Bonchev–Trinajstić information content (AvgIpc) is 2.32. The van der Waals surface area contributed by atoms with Crippen molar-refractivity contribution in [3.05, 3.63) is 16.4 Å². The number of piperidine rings is 1. The first-order valence-corrected chi connectivity index (χ1v) is 6.56. The van der Waals surface area contributed by atoms with Crippen molar-refractivity contribution in [1.29, 1.82) is 0 Å². The van der Waals surface area contributed by atoms with Gasteiger partial charge in [-0.1, -0.05) is 23.2 Å². The summed E-state index contributed by atoms with van der Waals surface area (Å²) in [5.41, 5.74) is 6.67. The molecule has 0 saturated carbocycles. The zero-order valence-electron chi connectivity index (χ0n) is 9.74. The van der Waals surface area contributed by atoms with Crippen molar-refractivity contribution in [1.82, 2.24) is 10.2 Å². The maximum Gasteiger partial charge on any atom is 0.175 e. The number of hydrogen-bond acceptors (Lipinski definition) is 4. The molecule has 0 aromatic carbocycles. The van der Waals surface area contributed by atoms with E-state index in [0.29, 0.717) is 28.9 Å². The van der Waals surface area contributed by atoms with E-state index in [1.807, 2.05) is 0 Å². The summed E-state index contributed by atoms with van der Waals surface area (Å²) in [6.45, 7) is 2.78. The van der Waals surface area contributed by atoms with Crippen molar-refractivity contribution in [2.45, 2.75) is 38.3 Å². The SMILES string of the molecule is CC1CCCC(CN)N1c1cc(Cl)nnc1Cl. The van der Waals surface area contributed by atoms with Gasteiger partial charge in [0, 0.05) is 24.7 Å². The van der Waals surface area contributed by atoms with Crippen LogP contribution in [0.25, 0.3) is 0 Å². The molecule has 2 rings (SSSR count). The quantitative estimate of drug-likeness (QED) is 0.901. The fourth-order valence-corrected chi connectivity index (χ4v) is 2.81. The lowest BCUT2D eigenvalue weighted by Gasteiger charge is -2.42. The highest BCUT2D eigenvalue weighted by molar-refractivity contribution is 6.33. The number of nitrogens with zero attached hydrogens (tertiary/aromatic N) is 3. The maximum atomic E-state index is 6.10. The molecule has 1 fully saturated rings. The summed E-state index contributed by atoms with van der Waals surface area (Å²) in [4.78, 5) is 2.23. The van der Waals surface area contributed by atoms with Gasteiger partial charge in [0.15, 0.2) is 10.3 Å². The van der Waals surface area contributed by atoms with Gasteiger partial charge in [0.25, 0.3) is 0 Å². The van der Waals surface area contributed by atoms with Crippen LogP contribution in [0.5, 0.6) is 0 Å². The second-order valence-corrected chi connectivity index (χ2v) is 5.17. The van der Waals surface area contributed by atoms with Gasteiger partial charge in [-0.25, -0.2) is 0 Å². The smallest absolute Gasteiger partial charge is 0.175 e. The van der Waals surface area contributed by atoms with Crippen molar-refractivity contribution in [2.75, 3.05) is 11.4 Å². The lowest BCUT2D eigenvalue weighted by atomic mass is 9.96. The second-order valence-electron chi connectivity index (χ2n) is 4.42. The Hall–Kier alpha value is -0.580. The van der Waals surface area contributed by atoms with E-state index in [-0.39, 0.29) is 0 Å². The molecule has 0 amide bonds. The summed E-state index contributed by atoms with van der Waals surface area (Å²) in [5.74, 6) is 0. The molecule has 1 aromatic heterocycles. The molecule has 1 aromatic rings. The van der Waals surface area contributed by atoms with E-state index in [2.05, 4.69) is 22.0 Å². The van der Waals surface area contributed by atoms with Crippen LogP contribution < -0.4 is 10.6 Å². The van der Waals surface area contributed by atoms with E-state index in [9.17, 15) is 0 Å². The van der Waals surface area contributed by atoms with E-state index in [4.69, 9.17) is 28.9 Å². The summed E-state index contributed by atoms with van der Waals surface area (Å²) in [5, 5.41) is 8.34. The molecule has 2 N–H and O–H groups in total. The molecule has 17 heavy (non-hydrogen) atoms. The van der Waals surface area contributed by atoms with Crippen molar-refractivity contribution in [3.63, 3.8) is 0 Å². The number of anilines is 1. The van der Waals surface area contributed by atoms with Gasteiger partial charge in [-0.15, -0.1) is 10.2 Å². The van der Waals surface area contributed by atoms with Gasteiger partial charge in [-0.05, 0) is 26.2 Å². The average molecular weight is 275 g/mol. The van der Waals surface area contributed by atoms with Gasteiger partial charge in [0.05, 0.1) is 5.69 Å². The van der Waals surface area contributed by atoms with E-state index < -0.39 is 0 Å². The Morgan fingerprint density at radius 3 is 2.88 bits per heavy atom. The summed E-state index contributed by atoms with van der Waals surface area (Å²) >= 11 is 12.0. The Labute approximate surface area is 111 Å². The van der Waals surface area contributed by atoms with Crippen molar-refractivity contribution >= 4 is 28.9 Å². The van der Waals surface area contributed by atoms with Crippen LogP contribution in [-0.4, -0.2) is 28.8 Å². The van der Waals surface area contributed by atoms with Crippen LogP contribution in [-0.2, 0) is 0 Å². The van der Waals surface area contributed by atoms with E-state index >= 15 is 0 Å². The Kier molecular flexibility index (Phi) is 4.07. The first-order chi connectivity index (χ1) is 8.13. The highest BCUT2D eigenvalue weighted by atomic mass is 35.5. The standard InChI is InChI=1S/C11H16Cl2N4/c1-7-3-2-4-8(6-14)17(7)9-5-10(12)15-16-11(9)13/h5,7-8H,2-4,6,14H2,1H3. The van der Waals surface area contributed by atoms with Crippen LogP contribution in [0.2, 0.25) is 10.3 Å². The molecule has 2 unspecified atom stereocenters. The van der Waals surface area contributed by atoms with Crippen LogP contribution in [0.4, 0.5) is 5.69 Å². The van der Waals surface area contributed by atoms with E-state index in [1.165, 1.54) is 6.42 Å². The van der Waals surface area contributed by atoms with Crippen molar-refractivity contribution in [2.24, 2.45) is 5.73 Å². The molecular weight excluding hydrogens is 259 g/mol. The molecule has 0 aliphatic carbocycles. The molecule has 6 heteroatoms. The Bertz CT molecular complexity index is 399. The molecule has 1 aliphatic heterocycles. The maximum absolute atomic E-state index is 6.10. The summed E-state index contributed by atoms with van der Waals surface area (Å²) in [7, 11) is 0. The highest BCUT2D eigenvalue weighted by Gasteiger charge is 2.29. The molecule has 2 heterocycles. The number of nitrogens with two attached hydrogens (primary N) is 1. The molecule has 1 saturated heterocycles. The molecule has 0 bridgehead atoms. The first-order valence-electron chi connectivity index (χ1n) is 5.80. The zero-order valence-corrected chi connectivity index (χ0v) is 11.2. The predicted octanol–water partition coefficient (Wildman–Crippen LogP) is 2.49. The minimum absolute atomic E-state index is 0.302. The van der Waals surface area contributed by atoms with Gasteiger partial charge in [0.2, 0.25) is 0 Å². The van der Waals surface area contributed by atoms with Crippen LogP contribution >= 0.6 is 23.2 Å². The van der Waals surface area contributed by atoms with Gasteiger partial charge in [0.1, 0.15) is 0 Å². The van der Waals surface area contributed by atoms with Crippen LogP contribution in [0.3, 0.4) is 0 Å². The third kappa shape index (κ3) is 2.64.